The van der Waals surface area contributed by atoms with Crippen LogP contribution in [0.15, 0.2) is 24.3 Å². The third-order valence-corrected chi connectivity index (χ3v) is 5.34. The van der Waals surface area contributed by atoms with Crippen molar-refractivity contribution in [3.63, 3.8) is 0 Å². The molecule has 36 heavy (non-hydrogen) atoms. The molecule has 7 nitrogen and oxygen atoms in total. The summed E-state index contributed by atoms with van der Waals surface area (Å²) in [6, 6.07) is 5.65. The third-order valence-electron chi connectivity index (χ3n) is 5.34. The molecule has 0 aliphatic rings. The van der Waals surface area contributed by atoms with Gasteiger partial charge in [-0.1, -0.05) is 51.9 Å². The van der Waals surface area contributed by atoms with Crippen LogP contribution in [0.25, 0.3) is 0 Å². The fourth-order valence-corrected chi connectivity index (χ4v) is 3.62. The summed E-state index contributed by atoms with van der Waals surface area (Å²) in [5, 5.41) is 2.65. The van der Waals surface area contributed by atoms with Gasteiger partial charge in [-0.05, 0) is 30.7 Å². The average Bonchev–Trinajstić information content (AvgIpc) is 2.76. The number of unbranched alkanes of at least 4 members (excludes halogenated alkanes) is 7. The molecule has 0 saturated heterocycles. The second-order valence-electron chi connectivity index (χ2n) is 9.95. The Hall–Kier alpha value is -2.62. The lowest BCUT2D eigenvalue weighted by atomic mass is 10.1. The van der Waals surface area contributed by atoms with E-state index in [1.165, 1.54) is 38.5 Å². The van der Waals surface area contributed by atoms with Crippen LogP contribution in [-0.2, 0) is 14.3 Å². The lowest BCUT2D eigenvalue weighted by molar-refractivity contribution is -0.871. The minimum Gasteiger partial charge on any atom is -0.494 e. The number of carbonyl (C=O) groups is 3. The Morgan fingerprint density at radius 2 is 1.47 bits per heavy atom. The molecule has 0 aliphatic carbocycles. The molecule has 0 aliphatic heterocycles. The minimum atomic E-state index is -5.27. The number of halogens is 3. The van der Waals surface area contributed by atoms with Crippen molar-refractivity contribution in [1.29, 1.82) is 0 Å². The first-order chi connectivity index (χ1) is 16.8. The van der Waals surface area contributed by atoms with Crippen molar-refractivity contribution in [2.75, 3.05) is 34.3 Å². The zero-order valence-corrected chi connectivity index (χ0v) is 21.8. The molecule has 1 aromatic rings. The van der Waals surface area contributed by atoms with Gasteiger partial charge in [0.2, 0.25) is 0 Å². The topological polar surface area (TPSA) is 81.7 Å². The zero-order chi connectivity index (χ0) is 27.2. The number of benzene rings is 1. The fourth-order valence-electron chi connectivity index (χ4n) is 3.62. The second-order valence-corrected chi connectivity index (χ2v) is 9.95. The summed E-state index contributed by atoms with van der Waals surface area (Å²) < 4.78 is 47.0. The van der Waals surface area contributed by atoms with Gasteiger partial charge in [0.05, 0.1) is 46.8 Å². The van der Waals surface area contributed by atoms with E-state index in [1.807, 2.05) is 0 Å². The molecule has 1 amide bonds. The van der Waals surface area contributed by atoms with E-state index in [9.17, 15) is 27.6 Å². The number of rotatable bonds is 16. The number of hydrogen-bond acceptors (Lipinski definition) is 5. The van der Waals surface area contributed by atoms with Crippen LogP contribution in [0, 0.1) is 0 Å². The summed E-state index contributed by atoms with van der Waals surface area (Å²) in [5.41, 5.74) is 0.306. The van der Waals surface area contributed by atoms with Gasteiger partial charge in [-0.2, -0.15) is 13.2 Å². The predicted octanol–water partition coefficient (Wildman–Crippen LogP) is 5.03. The van der Waals surface area contributed by atoms with E-state index >= 15 is 0 Å². The van der Waals surface area contributed by atoms with E-state index in [4.69, 9.17) is 4.74 Å². The van der Waals surface area contributed by atoms with Crippen LogP contribution >= 0.6 is 0 Å². The molecule has 1 N–H and O–H groups in total. The maximum atomic E-state index is 12.7. The first-order valence-corrected chi connectivity index (χ1v) is 12.5. The summed E-state index contributed by atoms with van der Waals surface area (Å²) in [4.78, 5) is 35.5. The van der Waals surface area contributed by atoms with Crippen LogP contribution in [0.1, 0.15) is 75.1 Å². The van der Waals surface area contributed by atoms with Crippen molar-refractivity contribution < 1.29 is 41.5 Å². The molecule has 0 heterocycles. The zero-order valence-electron chi connectivity index (χ0n) is 21.8. The number of likely N-dealkylation sites (N-methyl/N-ethyl adjacent to an activating group) is 1. The van der Waals surface area contributed by atoms with Crippen molar-refractivity contribution in [2.24, 2.45) is 0 Å². The summed E-state index contributed by atoms with van der Waals surface area (Å²) in [6.45, 7) is 3.01. The Balaban J connectivity index is 2.55. The number of hydrogen-bond donors (Lipinski definition) is 1. The highest BCUT2D eigenvalue weighted by atomic mass is 19.4. The molecule has 0 spiro atoms. The predicted molar refractivity (Wildman–Crippen MR) is 130 cm³/mol. The van der Waals surface area contributed by atoms with Crippen molar-refractivity contribution >= 4 is 17.8 Å². The molecule has 1 rings (SSSR count). The Morgan fingerprint density at radius 3 is 2.00 bits per heavy atom. The number of alkyl halides is 3. The molecular weight excluding hydrogens is 477 g/mol. The largest absolute Gasteiger partial charge is 0.494 e. The van der Waals surface area contributed by atoms with E-state index in [1.54, 1.807) is 45.4 Å². The maximum absolute atomic E-state index is 12.7. The molecule has 0 fully saturated rings. The fraction of sp³-hybridized carbons (Fsp3) is 0.654. The van der Waals surface area contributed by atoms with E-state index in [0.29, 0.717) is 22.4 Å². The second kappa shape index (κ2) is 15.5. The van der Waals surface area contributed by atoms with Crippen LogP contribution < -0.4 is 10.1 Å². The van der Waals surface area contributed by atoms with E-state index in [-0.39, 0.29) is 6.54 Å². The van der Waals surface area contributed by atoms with Gasteiger partial charge in [-0.15, -0.1) is 0 Å². The van der Waals surface area contributed by atoms with Gasteiger partial charge in [-0.3, -0.25) is 9.59 Å². The van der Waals surface area contributed by atoms with Crippen molar-refractivity contribution in [3.05, 3.63) is 29.8 Å². The van der Waals surface area contributed by atoms with Crippen LogP contribution in [0.2, 0.25) is 0 Å². The number of nitrogens with one attached hydrogen (secondary N) is 1. The van der Waals surface area contributed by atoms with Gasteiger partial charge in [0.25, 0.3) is 5.91 Å². The van der Waals surface area contributed by atoms with Crippen molar-refractivity contribution in [1.82, 2.24) is 5.32 Å². The summed E-state index contributed by atoms with van der Waals surface area (Å²) in [7, 11) is 5.39. The van der Waals surface area contributed by atoms with Crippen molar-refractivity contribution in [3.8, 4) is 5.75 Å². The van der Waals surface area contributed by atoms with Crippen molar-refractivity contribution in [2.45, 2.75) is 76.9 Å². The van der Waals surface area contributed by atoms with Crippen LogP contribution in [-0.4, -0.2) is 68.8 Å². The standard InChI is InChI=1S/C26H39F3N2O5/c1-5-6-7-8-9-10-11-12-17-35-22-15-13-20(14-16-22)24(33)30-21(19-31(2,3)4)18-23(32)36-25(34)26(27,28)29/h13-16,21H,5-12,17-19H2,1-4H3/p+1/t21-/m1/s1. The average molecular weight is 518 g/mol. The molecule has 0 saturated carbocycles. The highest BCUT2D eigenvalue weighted by Crippen LogP contribution is 2.18. The minimum absolute atomic E-state index is 0.223. The van der Waals surface area contributed by atoms with E-state index in [2.05, 4.69) is 17.0 Å². The molecular formula is C26H40F3N2O5+. The lowest BCUT2D eigenvalue weighted by Gasteiger charge is -2.29. The van der Waals surface area contributed by atoms with E-state index < -0.39 is 36.5 Å². The van der Waals surface area contributed by atoms with Gasteiger partial charge in [0.1, 0.15) is 5.75 Å². The Morgan fingerprint density at radius 1 is 0.917 bits per heavy atom. The quantitative estimate of drug-likeness (QED) is 0.144. The molecule has 0 bridgehead atoms. The molecule has 10 heteroatoms. The summed E-state index contributed by atoms with van der Waals surface area (Å²) in [5.74, 6) is -3.81. The molecule has 1 atom stereocenters. The van der Waals surface area contributed by atoms with Crippen LogP contribution in [0.5, 0.6) is 5.75 Å². The van der Waals surface area contributed by atoms with E-state index in [0.717, 1.165) is 12.8 Å². The number of esters is 2. The Labute approximate surface area is 211 Å². The SMILES string of the molecule is CCCCCCCCCCOc1ccc(C(=O)N[C@H](CC(=O)OC(=O)C(F)(F)F)C[N+](C)(C)C)cc1. The monoisotopic (exact) mass is 517 g/mol. The van der Waals surface area contributed by atoms with Gasteiger partial charge in [0, 0.05) is 5.56 Å². The van der Waals surface area contributed by atoms with Crippen LogP contribution in [0.4, 0.5) is 13.2 Å². The molecule has 204 valence electrons. The number of carbonyl (C=O) groups excluding carboxylic acids is 3. The number of quaternary nitrogens is 1. The van der Waals surface area contributed by atoms with Crippen LogP contribution in [0.3, 0.4) is 0 Å². The normalized spacial score (nSPS) is 12.6. The highest BCUT2D eigenvalue weighted by Gasteiger charge is 2.42. The first kappa shape index (κ1) is 31.4. The third kappa shape index (κ3) is 14.1. The summed E-state index contributed by atoms with van der Waals surface area (Å²) in [6.07, 6.45) is 3.76. The highest BCUT2D eigenvalue weighted by molar-refractivity contribution is 5.95. The maximum Gasteiger partial charge on any atom is 0.491 e. The summed E-state index contributed by atoms with van der Waals surface area (Å²) >= 11 is 0. The molecule has 0 unspecified atom stereocenters. The molecule has 0 aromatic heterocycles. The Bertz CT molecular complexity index is 820. The van der Waals surface area contributed by atoms with Gasteiger partial charge < -0.3 is 19.3 Å². The number of nitrogens with zero attached hydrogens (tertiary/aromatic N) is 1. The number of amides is 1. The lowest BCUT2D eigenvalue weighted by Crippen LogP contribution is -2.50. The van der Waals surface area contributed by atoms with Gasteiger partial charge >= 0.3 is 18.1 Å². The molecule has 0 radical (unpaired) electrons. The first-order valence-electron chi connectivity index (χ1n) is 12.5. The Kier molecular flexibility index (Phi) is 13.5. The smallest absolute Gasteiger partial charge is 0.491 e. The van der Waals surface area contributed by atoms with Gasteiger partial charge in [-0.25, -0.2) is 4.79 Å². The molecule has 1 aromatic carbocycles. The number of ether oxygens (including phenoxy) is 2. The van der Waals surface area contributed by atoms with Gasteiger partial charge in [0.15, 0.2) is 0 Å².